The molecule has 2 atom stereocenters. The number of hydrogen-bond donors (Lipinski definition) is 2. The van der Waals surface area contributed by atoms with Crippen LogP contribution in [-0.4, -0.2) is 46.3 Å². The minimum atomic E-state index is -0.401. The fourth-order valence-corrected chi connectivity index (χ4v) is 5.97. The van der Waals surface area contributed by atoms with E-state index in [1.54, 1.807) is 18.3 Å². The minimum Gasteiger partial charge on any atom is -0.496 e. The number of aromatic nitrogens is 2. The van der Waals surface area contributed by atoms with Crippen molar-refractivity contribution in [1.82, 2.24) is 14.9 Å². The molecule has 0 bridgehead atoms. The van der Waals surface area contributed by atoms with E-state index in [9.17, 15) is 14.9 Å². The van der Waals surface area contributed by atoms with Crippen LogP contribution in [0, 0.1) is 30.9 Å². The second kappa shape index (κ2) is 12.2. The molecule has 4 aromatic rings. The van der Waals surface area contributed by atoms with E-state index in [4.69, 9.17) is 21.7 Å². The molecule has 2 N–H and O–H groups in total. The Bertz CT molecular complexity index is 1710. The number of carbonyl (C=O) groups is 1. The number of amides is 1. The number of carbonyl (C=O) groups excluding carboxylic acids is 1. The Balaban J connectivity index is 1.64. The van der Waals surface area contributed by atoms with Gasteiger partial charge in [0.2, 0.25) is 5.91 Å². The Labute approximate surface area is 254 Å². The lowest BCUT2D eigenvalue weighted by molar-refractivity contribution is -0.384. The van der Waals surface area contributed by atoms with E-state index >= 15 is 0 Å². The molecule has 222 valence electrons. The number of nitrogens with one attached hydrogen (secondary N) is 2. The third-order valence-electron chi connectivity index (χ3n) is 7.54. The Hall–Kier alpha value is -4.81. The summed E-state index contributed by atoms with van der Waals surface area (Å²) in [4.78, 5) is 30.5. The fourth-order valence-electron chi connectivity index (χ4n) is 5.63. The molecule has 11 nitrogen and oxygen atoms in total. The monoisotopic (exact) mass is 600 g/mol. The van der Waals surface area contributed by atoms with Crippen LogP contribution in [0.25, 0.3) is 5.69 Å². The van der Waals surface area contributed by atoms with Gasteiger partial charge in [0, 0.05) is 36.1 Å². The number of methoxy groups -OCH3 is 2. The van der Waals surface area contributed by atoms with Gasteiger partial charge in [-0.1, -0.05) is 6.07 Å². The number of nitrogens with zero attached hydrogens (tertiary/aromatic N) is 4. The van der Waals surface area contributed by atoms with Gasteiger partial charge < -0.3 is 29.6 Å². The summed E-state index contributed by atoms with van der Waals surface area (Å²) in [6.45, 7) is 5.74. The van der Waals surface area contributed by atoms with Crippen molar-refractivity contribution in [2.45, 2.75) is 32.9 Å². The molecule has 2 unspecified atom stereocenters. The van der Waals surface area contributed by atoms with Gasteiger partial charge >= 0.3 is 0 Å². The Morgan fingerprint density at radius 3 is 2.56 bits per heavy atom. The van der Waals surface area contributed by atoms with Gasteiger partial charge in [-0.3, -0.25) is 19.9 Å². The molecular weight excluding hydrogens is 568 g/mol. The quantitative estimate of drug-likeness (QED) is 0.146. The number of thiocarbonyl (C=S) groups is 1. The second-order valence-corrected chi connectivity index (χ2v) is 10.6. The van der Waals surface area contributed by atoms with Crippen LogP contribution in [0.15, 0.2) is 66.9 Å². The first-order valence-corrected chi connectivity index (χ1v) is 14.0. The minimum absolute atomic E-state index is 0.0445. The number of nitro groups is 1. The summed E-state index contributed by atoms with van der Waals surface area (Å²) < 4.78 is 12.1. The zero-order valence-corrected chi connectivity index (χ0v) is 25.3. The standard InChI is InChI=1S/C31H32N6O5S/c1-18-14-21(9-11-24(18)33-28(38)17-41-4)36-30(29(34-31(36)43)25-8-6-7-13-32-25)23-15-19(2)35(20(23)3)26-12-10-22(42-5)16-27(26)37(39)40/h6-16,29-30H,17H2,1-5H3,(H,33,38)(H,34,43). The number of ether oxygens (including phenoxy) is 2. The predicted molar refractivity (Wildman–Crippen MR) is 168 cm³/mol. The number of hydrogen-bond acceptors (Lipinski definition) is 7. The van der Waals surface area contributed by atoms with Crippen molar-refractivity contribution in [3.63, 3.8) is 0 Å². The van der Waals surface area contributed by atoms with Crippen LogP contribution in [0.1, 0.15) is 40.3 Å². The van der Waals surface area contributed by atoms with E-state index in [0.29, 0.717) is 22.2 Å². The predicted octanol–water partition coefficient (Wildman–Crippen LogP) is 5.48. The van der Waals surface area contributed by atoms with Crippen LogP contribution < -0.4 is 20.3 Å². The van der Waals surface area contributed by atoms with E-state index in [2.05, 4.69) is 15.6 Å². The third kappa shape index (κ3) is 5.66. The zero-order chi connectivity index (χ0) is 30.8. The zero-order valence-electron chi connectivity index (χ0n) is 24.5. The van der Waals surface area contributed by atoms with Gasteiger partial charge in [0.05, 0.1) is 35.9 Å². The van der Waals surface area contributed by atoms with Crippen molar-refractivity contribution in [3.05, 3.63) is 105 Å². The Morgan fingerprint density at radius 2 is 1.91 bits per heavy atom. The van der Waals surface area contributed by atoms with Gasteiger partial charge in [-0.25, -0.2) is 0 Å². The molecule has 0 aliphatic carbocycles. The number of benzene rings is 2. The highest BCUT2D eigenvalue weighted by molar-refractivity contribution is 7.80. The van der Waals surface area contributed by atoms with E-state index in [1.165, 1.54) is 20.3 Å². The lowest BCUT2D eigenvalue weighted by atomic mass is 9.96. The summed E-state index contributed by atoms with van der Waals surface area (Å²) in [6.07, 6.45) is 1.74. The highest BCUT2D eigenvalue weighted by Gasteiger charge is 2.42. The molecule has 2 aromatic heterocycles. The van der Waals surface area contributed by atoms with E-state index in [0.717, 1.165) is 33.9 Å². The first kappa shape index (κ1) is 29.7. The summed E-state index contributed by atoms with van der Waals surface area (Å²) in [7, 11) is 2.95. The smallest absolute Gasteiger partial charge is 0.296 e. The average Bonchev–Trinajstić information content (AvgIpc) is 3.48. The Morgan fingerprint density at radius 1 is 1.12 bits per heavy atom. The number of anilines is 2. The van der Waals surface area contributed by atoms with Crippen molar-refractivity contribution in [2.24, 2.45) is 0 Å². The van der Waals surface area contributed by atoms with Crippen molar-refractivity contribution >= 4 is 40.3 Å². The van der Waals surface area contributed by atoms with Crippen LogP contribution >= 0.6 is 12.2 Å². The van der Waals surface area contributed by atoms with Crippen molar-refractivity contribution in [1.29, 1.82) is 0 Å². The molecule has 0 spiro atoms. The van der Waals surface area contributed by atoms with Crippen LogP contribution in [0.5, 0.6) is 5.75 Å². The van der Waals surface area contributed by atoms with E-state index in [1.807, 2.05) is 72.7 Å². The lowest BCUT2D eigenvalue weighted by Crippen LogP contribution is -2.29. The van der Waals surface area contributed by atoms with E-state index in [-0.39, 0.29) is 30.3 Å². The Kier molecular flexibility index (Phi) is 8.42. The maximum atomic E-state index is 12.1. The molecule has 12 heteroatoms. The van der Waals surface area contributed by atoms with Gasteiger partial charge in [0.25, 0.3) is 5.69 Å². The van der Waals surface area contributed by atoms with Crippen LogP contribution in [0.3, 0.4) is 0 Å². The number of pyridine rings is 1. The molecule has 2 aromatic carbocycles. The molecule has 1 aliphatic heterocycles. The van der Waals surface area contributed by atoms with Crippen LogP contribution in [-0.2, 0) is 9.53 Å². The maximum Gasteiger partial charge on any atom is 0.296 e. The summed E-state index contributed by atoms with van der Waals surface area (Å²) in [5.74, 6) is 0.159. The van der Waals surface area contributed by atoms with Gasteiger partial charge in [-0.2, -0.15) is 0 Å². The summed E-state index contributed by atoms with van der Waals surface area (Å²) in [5.41, 5.74) is 6.11. The average molecular weight is 601 g/mol. The van der Waals surface area contributed by atoms with Crippen molar-refractivity contribution in [3.8, 4) is 11.4 Å². The summed E-state index contributed by atoms with van der Waals surface area (Å²) >= 11 is 5.91. The molecule has 1 saturated heterocycles. The van der Waals surface area contributed by atoms with Gasteiger partial charge in [-0.05, 0) is 92.6 Å². The lowest BCUT2D eigenvalue weighted by Gasteiger charge is -2.29. The molecule has 0 radical (unpaired) electrons. The van der Waals surface area contributed by atoms with Crippen LogP contribution in [0.2, 0.25) is 0 Å². The molecule has 43 heavy (non-hydrogen) atoms. The fraction of sp³-hybridized carbons (Fsp3) is 0.258. The van der Waals surface area contributed by atoms with Gasteiger partial charge in [0.1, 0.15) is 18.0 Å². The molecule has 5 rings (SSSR count). The molecule has 1 amide bonds. The van der Waals surface area contributed by atoms with Crippen molar-refractivity contribution in [2.75, 3.05) is 31.0 Å². The highest BCUT2D eigenvalue weighted by atomic mass is 32.1. The third-order valence-corrected chi connectivity index (χ3v) is 7.86. The normalized spacial score (nSPS) is 16.2. The second-order valence-electron chi connectivity index (χ2n) is 10.3. The largest absolute Gasteiger partial charge is 0.496 e. The van der Waals surface area contributed by atoms with Gasteiger partial charge in [0.15, 0.2) is 5.11 Å². The van der Waals surface area contributed by atoms with Crippen molar-refractivity contribution < 1.29 is 19.2 Å². The molecule has 0 saturated carbocycles. The summed E-state index contributed by atoms with van der Waals surface area (Å²) in [6, 6.07) is 17.7. The summed E-state index contributed by atoms with van der Waals surface area (Å²) in [5, 5.41) is 18.9. The molecular formula is C31H32N6O5S. The number of rotatable bonds is 9. The van der Waals surface area contributed by atoms with Crippen LogP contribution in [0.4, 0.5) is 17.1 Å². The topological polar surface area (TPSA) is 124 Å². The SMILES string of the molecule is COCC(=O)Nc1ccc(N2C(=S)NC(c3ccccn3)C2c2cc(C)n(-c3ccc(OC)cc3[N+](=O)[O-])c2C)cc1C. The molecule has 3 heterocycles. The highest BCUT2D eigenvalue weighted by Crippen LogP contribution is 2.45. The molecule has 1 aliphatic rings. The first-order chi connectivity index (χ1) is 20.6. The first-order valence-electron chi connectivity index (χ1n) is 13.6. The van der Waals surface area contributed by atoms with E-state index < -0.39 is 4.92 Å². The number of aryl methyl sites for hydroxylation is 2. The molecule has 1 fully saturated rings. The van der Waals surface area contributed by atoms with Gasteiger partial charge in [-0.15, -0.1) is 0 Å². The number of nitro benzene ring substituents is 1. The maximum absolute atomic E-state index is 12.1.